The third-order valence-corrected chi connectivity index (χ3v) is 3.74. The van der Waals surface area contributed by atoms with Crippen LogP contribution in [-0.4, -0.2) is 40.1 Å². The van der Waals surface area contributed by atoms with Crippen LogP contribution in [0.4, 0.5) is 0 Å². The highest BCUT2D eigenvalue weighted by Crippen LogP contribution is 2.23. The Bertz CT molecular complexity index is 388. The monoisotopic (exact) mass is 262 g/mol. The quantitative estimate of drug-likeness (QED) is 0.880. The van der Waals surface area contributed by atoms with Crippen LogP contribution in [-0.2, 0) is 11.2 Å². The summed E-state index contributed by atoms with van der Waals surface area (Å²) < 4.78 is 0. The van der Waals surface area contributed by atoms with Crippen molar-refractivity contribution < 1.29 is 9.90 Å². The van der Waals surface area contributed by atoms with Crippen molar-refractivity contribution in [1.29, 1.82) is 0 Å². The standard InChI is InChI=1S/C15H22N2O2/c18-11-10-17(14-7-2-1-3-8-14)15(19)12-13-6-4-5-9-16-13/h4-6,9,14,18H,1-3,7-8,10-12H2. The van der Waals surface area contributed by atoms with E-state index in [1.807, 2.05) is 23.1 Å². The van der Waals surface area contributed by atoms with Crippen LogP contribution in [0, 0.1) is 0 Å². The minimum Gasteiger partial charge on any atom is -0.395 e. The molecule has 1 saturated carbocycles. The molecule has 0 bridgehead atoms. The first-order chi connectivity index (χ1) is 9.31. The van der Waals surface area contributed by atoms with Crippen molar-refractivity contribution in [2.75, 3.05) is 13.2 Å². The van der Waals surface area contributed by atoms with Gasteiger partial charge in [0.15, 0.2) is 0 Å². The smallest absolute Gasteiger partial charge is 0.228 e. The molecule has 2 rings (SSSR count). The minimum absolute atomic E-state index is 0.0322. The molecule has 0 radical (unpaired) electrons. The van der Waals surface area contributed by atoms with Crippen LogP contribution in [0.1, 0.15) is 37.8 Å². The molecule has 1 aliphatic rings. The molecule has 1 aliphatic carbocycles. The number of carbonyl (C=O) groups is 1. The van der Waals surface area contributed by atoms with Gasteiger partial charge in [0.25, 0.3) is 0 Å². The number of aliphatic hydroxyl groups excluding tert-OH is 1. The van der Waals surface area contributed by atoms with E-state index in [9.17, 15) is 9.90 Å². The molecule has 1 heterocycles. The molecule has 0 atom stereocenters. The lowest BCUT2D eigenvalue weighted by Gasteiger charge is -2.34. The van der Waals surface area contributed by atoms with Crippen LogP contribution in [0.25, 0.3) is 0 Å². The van der Waals surface area contributed by atoms with Gasteiger partial charge >= 0.3 is 0 Å². The Hall–Kier alpha value is -1.42. The number of carbonyl (C=O) groups excluding carboxylic acids is 1. The fraction of sp³-hybridized carbons (Fsp3) is 0.600. The van der Waals surface area contributed by atoms with Gasteiger partial charge in [-0.25, -0.2) is 0 Å². The van der Waals surface area contributed by atoms with Crippen LogP contribution in [0.15, 0.2) is 24.4 Å². The van der Waals surface area contributed by atoms with Crippen molar-refractivity contribution >= 4 is 5.91 Å². The normalized spacial score (nSPS) is 16.3. The molecule has 0 saturated heterocycles. The number of hydrogen-bond acceptors (Lipinski definition) is 3. The molecular weight excluding hydrogens is 240 g/mol. The van der Waals surface area contributed by atoms with E-state index in [0.29, 0.717) is 19.0 Å². The molecule has 104 valence electrons. The van der Waals surface area contributed by atoms with Crippen LogP contribution < -0.4 is 0 Å². The second kappa shape index (κ2) is 7.24. The van der Waals surface area contributed by atoms with Crippen molar-refractivity contribution in [3.8, 4) is 0 Å². The lowest BCUT2D eigenvalue weighted by molar-refractivity contribution is -0.134. The van der Waals surface area contributed by atoms with Gasteiger partial charge in [0.05, 0.1) is 13.0 Å². The van der Waals surface area contributed by atoms with Gasteiger partial charge in [0, 0.05) is 24.5 Å². The van der Waals surface area contributed by atoms with Gasteiger partial charge in [-0.3, -0.25) is 9.78 Å². The number of pyridine rings is 1. The summed E-state index contributed by atoms with van der Waals surface area (Å²) in [6.07, 6.45) is 7.80. The molecule has 0 unspecified atom stereocenters. The second-order valence-corrected chi connectivity index (χ2v) is 5.10. The highest BCUT2D eigenvalue weighted by atomic mass is 16.3. The van der Waals surface area contributed by atoms with Crippen LogP contribution in [0.3, 0.4) is 0 Å². The molecule has 4 heteroatoms. The van der Waals surface area contributed by atoms with E-state index >= 15 is 0 Å². The fourth-order valence-corrected chi connectivity index (χ4v) is 2.77. The molecule has 1 aromatic rings. The first-order valence-electron chi connectivity index (χ1n) is 7.11. The highest BCUT2D eigenvalue weighted by Gasteiger charge is 2.24. The third kappa shape index (κ3) is 4.03. The molecule has 1 amide bonds. The summed E-state index contributed by atoms with van der Waals surface area (Å²) >= 11 is 0. The molecule has 0 aliphatic heterocycles. The van der Waals surface area contributed by atoms with Gasteiger partial charge in [-0.1, -0.05) is 25.3 Å². The summed E-state index contributed by atoms with van der Waals surface area (Å²) in [5.74, 6) is 0.0830. The number of rotatable bonds is 5. The van der Waals surface area contributed by atoms with E-state index in [0.717, 1.165) is 18.5 Å². The lowest BCUT2D eigenvalue weighted by atomic mass is 9.94. The summed E-state index contributed by atoms with van der Waals surface area (Å²) in [6.45, 7) is 0.473. The fourth-order valence-electron chi connectivity index (χ4n) is 2.77. The zero-order valence-corrected chi connectivity index (χ0v) is 11.3. The predicted octanol–water partition coefficient (Wildman–Crippen LogP) is 1.78. The molecular formula is C15H22N2O2. The molecule has 1 N–H and O–H groups in total. The van der Waals surface area contributed by atoms with Gasteiger partial charge < -0.3 is 10.0 Å². The van der Waals surface area contributed by atoms with E-state index in [-0.39, 0.29) is 12.5 Å². The number of aliphatic hydroxyl groups is 1. The lowest BCUT2D eigenvalue weighted by Crippen LogP contribution is -2.43. The Balaban J connectivity index is 1.99. The average molecular weight is 262 g/mol. The van der Waals surface area contributed by atoms with Gasteiger partial charge in [-0.2, -0.15) is 0 Å². The van der Waals surface area contributed by atoms with Crippen molar-refractivity contribution in [2.24, 2.45) is 0 Å². The second-order valence-electron chi connectivity index (χ2n) is 5.10. The Morgan fingerprint density at radius 3 is 2.74 bits per heavy atom. The van der Waals surface area contributed by atoms with Gasteiger partial charge in [0.2, 0.25) is 5.91 Å². The largest absolute Gasteiger partial charge is 0.395 e. The Kier molecular flexibility index (Phi) is 5.33. The molecule has 1 fully saturated rings. The summed E-state index contributed by atoms with van der Waals surface area (Å²) in [7, 11) is 0. The first kappa shape index (κ1) is 14.0. The van der Waals surface area contributed by atoms with Crippen LogP contribution >= 0.6 is 0 Å². The van der Waals surface area contributed by atoms with Gasteiger partial charge in [0.1, 0.15) is 0 Å². The van der Waals surface area contributed by atoms with E-state index in [1.165, 1.54) is 19.3 Å². The van der Waals surface area contributed by atoms with Crippen molar-refractivity contribution in [3.05, 3.63) is 30.1 Å². The molecule has 1 aromatic heterocycles. The average Bonchev–Trinajstić information content (AvgIpc) is 2.46. The zero-order valence-electron chi connectivity index (χ0n) is 11.3. The summed E-state index contributed by atoms with van der Waals surface area (Å²) in [5.41, 5.74) is 0.797. The maximum atomic E-state index is 12.4. The number of amides is 1. The predicted molar refractivity (Wildman–Crippen MR) is 73.6 cm³/mol. The Labute approximate surface area is 114 Å². The van der Waals surface area contributed by atoms with Gasteiger partial charge in [-0.05, 0) is 25.0 Å². The summed E-state index contributed by atoms with van der Waals surface area (Å²) in [6, 6.07) is 5.92. The Morgan fingerprint density at radius 1 is 1.32 bits per heavy atom. The van der Waals surface area contributed by atoms with E-state index in [4.69, 9.17) is 0 Å². The van der Waals surface area contributed by atoms with Crippen molar-refractivity contribution in [2.45, 2.75) is 44.6 Å². The first-order valence-corrected chi connectivity index (χ1v) is 7.11. The number of aromatic nitrogens is 1. The maximum Gasteiger partial charge on any atom is 0.228 e. The number of nitrogens with zero attached hydrogens (tertiary/aromatic N) is 2. The molecule has 0 spiro atoms. The van der Waals surface area contributed by atoms with Crippen LogP contribution in [0.5, 0.6) is 0 Å². The zero-order chi connectivity index (χ0) is 13.5. The number of hydrogen-bond donors (Lipinski definition) is 1. The molecule has 4 nitrogen and oxygen atoms in total. The Morgan fingerprint density at radius 2 is 2.11 bits per heavy atom. The minimum atomic E-state index is 0.0322. The van der Waals surface area contributed by atoms with E-state index < -0.39 is 0 Å². The van der Waals surface area contributed by atoms with Crippen LogP contribution in [0.2, 0.25) is 0 Å². The molecule has 19 heavy (non-hydrogen) atoms. The highest BCUT2D eigenvalue weighted by molar-refractivity contribution is 5.78. The maximum absolute atomic E-state index is 12.4. The molecule has 0 aromatic carbocycles. The van der Waals surface area contributed by atoms with E-state index in [1.54, 1.807) is 6.20 Å². The SMILES string of the molecule is O=C(Cc1ccccn1)N(CCO)C1CCCCC1. The van der Waals surface area contributed by atoms with E-state index in [2.05, 4.69) is 4.98 Å². The van der Waals surface area contributed by atoms with Crippen molar-refractivity contribution in [1.82, 2.24) is 9.88 Å². The topological polar surface area (TPSA) is 53.4 Å². The summed E-state index contributed by atoms with van der Waals surface area (Å²) in [5, 5.41) is 9.17. The summed E-state index contributed by atoms with van der Waals surface area (Å²) in [4.78, 5) is 18.4. The third-order valence-electron chi connectivity index (χ3n) is 3.74. The van der Waals surface area contributed by atoms with Crippen molar-refractivity contribution in [3.63, 3.8) is 0 Å². The van der Waals surface area contributed by atoms with Gasteiger partial charge in [-0.15, -0.1) is 0 Å².